The Bertz CT molecular complexity index is 4370. The first kappa shape index (κ1) is 78.4. The van der Waals surface area contributed by atoms with Gasteiger partial charge in [0, 0.05) is 56.5 Å². The molecule has 578 valence electrons. The number of primary amides is 1. The average Bonchev–Trinajstić information content (AvgIpc) is 0.761. The van der Waals surface area contributed by atoms with Crippen LogP contribution in [-0.4, -0.2) is 167 Å². The van der Waals surface area contributed by atoms with Crippen molar-refractivity contribution in [2.45, 2.75) is 183 Å². The molecule has 108 heavy (non-hydrogen) atoms. The zero-order valence-corrected chi connectivity index (χ0v) is 61.5. The lowest BCUT2D eigenvalue weighted by atomic mass is 9.51. The summed E-state index contributed by atoms with van der Waals surface area (Å²) >= 11 is 14.2. The number of likely N-dealkylation sites (N-methyl/N-ethyl adjacent to an activating group) is 1. The van der Waals surface area contributed by atoms with E-state index in [1.807, 2.05) is 0 Å². The molecule has 6 aliphatic heterocycles. The van der Waals surface area contributed by atoms with Crippen molar-refractivity contribution in [3.63, 3.8) is 0 Å². The maximum absolute atomic E-state index is 16.3. The van der Waals surface area contributed by atoms with E-state index in [2.05, 4.69) is 21.3 Å². The van der Waals surface area contributed by atoms with Gasteiger partial charge in [-0.05, 0) is 177 Å². The molecule has 5 aromatic carbocycles. The SMILES string of the molecule is CC(C)C[C@H](C(=O)N[C@H]1C(=O)C[C@@H](CC(N)=O)C(=O)N[C@H]2C(=O)C[C@H]3C(=O)N[C@H](C(=O)N[C@H](C(=O)CC4C5CC6CC(C5)CC4C6)c4cc(O)cc(O)c4-c4cc3ccc4O)[C@H](O)c3ccc(c(Cl)c3)Oc3cc2cc(c3OC2OC(CN)C(O)C(O)C2O)Oc2ccc(cc2Cl)[C@H]1O)N(C)C(=O)OC(C)(C)C. The van der Waals surface area contributed by atoms with Crippen LogP contribution in [0.25, 0.3) is 11.1 Å². The summed E-state index contributed by atoms with van der Waals surface area (Å²) in [5.74, 6) is -15.5. The van der Waals surface area contributed by atoms with Crippen molar-refractivity contribution in [1.29, 1.82) is 0 Å². The summed E-state index contributed by atoms with van der Waals surface area (Å²) in [7, 11) is 1.30. The van der Waals surface area contributed by atoms with Gasteiger partial charge < -0.3 is 97.3 Å². The molecule has 4 saturated carbocycles. The lowest BCUT2D eigenvalue weighted by Crippen LogP contribution is -2.60. The number of ketones is 3. The van der Waals surface area contributed by atoms with E-state index in [-0.39, 0.29) is 97.0 Å². The third kappa shape index (κ3) is 16.4. The first-order valence-corrected chi connectivity index (χ1v) is 36.8. The molecule has 6 amide bonds. The number of amides is 6. The second-order valence-electron chi connectivity index (χ2n) is 31.0. The first-order valence-electron chi connectivity index (χ1n) is 36.0. The summed E-state index contributed by atoms with van der Waals surface area (Å²) in [5, 5.41) is 104. The number of aromatic hydroxyl groups is 3. The minimum absolute atomic E-state index is 0.0142. The number of nitrogens with two attached hydrogens (primary N) is 2. The van der Waals surface area contributed by atoms with Crippen LogP contribution in [0.15, 0.2) is 78.9 Å². The number of aliphatic hydroxyl groups is 5. The zero-order valence-electron chi connectivity index (χ0n) is 60.0. The number of aliphatic hydroxyl groups excluding tert-OH is 5. The van der Waals surface area contributed by atoms with E-state index in [1.165, 1.54) is 49.5 Å². The van der Waals surface area contributed by atoms with Crippen LogP contribution < -0.4 is 46.9 Å². The summed E-state index contributed by atoms with van der Waals surface area (Å²) in [5.41, 5.74) is 9.25. The molecule has 10 aliphatic rings. The molecule has 14 atom stereocenters. The molecule has 5 aromatic rings. The number of rotatable bonds is 13. The highest BCUT2D eigenvalue weighted by Gasteiger charge is 2.51. The summed E-state index contributed by atoms with van der Waals surface area (Å²) in [6.07, 6.45) is -12.7. The number of phenols is 3. The first-order chi connectivity index (χ1) is 51.0. The standard InChI is InChI=1S/C77H89Cl2N7O22/c1-31(2)13-48(86(6)76(103)108-77(3,4)5)73(101)84-63-51(90)22-40(25-59(81)93)71(99)82-61-39-23-56(104-54-11-8-35(65(63)94)20-46(54)78)70(107-75-69(98)68(97)67(96)58(30-80)106-75)57(24-39)105-55-12-9-36(21-47(55)79)66(95)64-74(102)83-62(53(92)28-42-37-15-32-14-33(17-37)18-38(42)16-32)45-26-41(87)27-50(89)60(45)44-19-34(7-10-49(44)88)43(29-52(61)91)72(100)85-64/h7-12,19-21,23-24,26-27,31-33,37-38,40,42-43,48,58,61-69,75,87-89,94-98H,13-18,22,25,28-30,80H2,1-6H3,(H2,81,93)(H,82,99)(H,83,102)(H,84,101)(H,85,100)/t32?,33?,37?,38?,40-,42?,43+,48+,58?,61+,62-,63-,64-,65+,66+,67?,68?,69?,75?/m0/s1. The van der Waals surface area contributed by atoms with Crippen LogP contribution in [-0.2, 0) is 47.8 Å². The second-order valence-corrected chi connectivity index (χ2v) is 31.8. The third-order valence-electron chi connectivity index (χ3n) is 21.7. The van der Waals surface area contributed by atoms with Crippen LogP contribution in [0.4, 0.5) is 4.79 Å². The molecule has 31 heteroatoms. The van der Waals surface area contributed by atoms with Crippen molar-refractivity contribution >= 4 is 76.2 Å². The minimum atomic E-state index is -2.17. The van der Waals surface area contributed by atoms with E-state index in [0.717, 1.165) is 73.4 Å². The molecule has 29 nitrogen and oxygen atoms in total. The summed E-state index contributed by atoms with van der Waals surface area (Å²) in [4.78, 5) is 137. The fourth-order valence-corrected chi connectivity index (χ4v) is 17.0. The number of nitrogens with zero attached hydrogens (tertiary/aromatic N) is 1. The van der Waals surface area contributed by atoms with Gasteiger partial charge in [0.1, 0.15) is 101 Å². The Kier molecular flexibility index (Phi) is 22.8. The van der Waals surface area contributed by atoms with Gasteiger partial charge in [-0.1, -0.05) is 55.2 Å². The van der Waals surface area contributed by atoms with Crippen molar-refractivity contribution < 1.29 is 108 Å². The van der Waals surface area contributed by atoms with Crippen LogP contribution in [0.3, 0.4) is 0 Å². The molecule has 6 heterocycles. The number of carbonyl (C=O) groups is 9. The third-order valence-corrected chi connectivity index (χ3v) is 22.3. The highest BCUT2D eigenvalue weighted by Crippen LogP contribution is 2.58. The molecule has 1 saturated heterocycles. The van der Waals surface area contributed by atoms with Crippen molar-refractivity contribution in [2.24, 2.45) is 52.9 Å². The Labute approximate surface area is 630 Å². The smallest absolute Gasteiger partial charge is 0.410 e. The predicted molar refractivity (Wildman–Crippen MR) is 385 cm³/mol. The lowest BCUT2D eigenvalue weighted by molar-refractivity contribution is -0.270. The number of nitrogens with one attached hydrogen (secondary N) is 4. The van der Waals surface area contributed by atoms with E-state index in [1.54, 1.807) is 34.6 Å². The molecule has 15 rings (SSSR count). The normalized spacial score (nSPS) is 29.3. The van der Waals surface area contributed by atoms with E-state index in [9.17, 15) is 55.2 Å². The largest absolute Gasteiger partial charge is 0.508 e. The number of benzene rings is 5. The number of halogens is 2. The summed E-state index contributed by atoms with van der Waals surface area (Å²) in [6.45, 7) is 7.92. The Morgan fingerprint density at radius 3 is 1.87 bits per heavy atom. The maximum atomic E-state index is 16.3. The molecular formula is C77H89Cl2N7O22. The van der Waals surface area contributed by atoms with Gasteiger partial charge in [0.25, 0.3) is 0 Å². The van der Waals surface area contributed by atoms with Crippen LogP contribution in [0.5, 0.6) is 46.0 Å². The lowest BCUT2D eigenvalue weighted by Gasteiger charge is -2.54. The molecule has 16 N–H and O–H groups in total. The van der Waals surface area contributed by atoms with Gasteiger partial charge >= 0.3 is 6.09 Å². The number of Topliss-reactive ketones (excluding diaryl/α,β-unsaturated/α-hetero) is 3. The fourth-order valence-electron chi connectivity index (χ4n) is 16.6. The van der Waals surface area contributed by atoms with Crippen LogP contribution in [0, 0.1) is 41.4 Å². The van der Waals surface area contributed by atoms with Gasteiger partial charge in [0.05, 0.1) is 21.9 Å². The Morgan fingerprint density at radius 2 is 1.29 bits per heavy atom. The predicted octanol–water partition coefficient (Wildman–Crippen LogP) is 6.41. The van der Waals surface area contributed by atoms with E-state index < -0.39 is 204 Å². The Hall–Kier alpha value is -9.17. The minimum Gasteiger partial charge on any atom is -0.508 e. The Morgan fingerprint density at radius 1 is 0.676 bits per heavy atom. The molecular weight excluding hydrogens is 1450 g/mol. The van der Waals surface area contributed by atoms with Crippen LogP contribution in [0.2, 0.25) is 10.0 Å². The summed E-state index contributed by atoms with van der Waals surface area (Å²) in [6, 6.07) is 5.70. The second kappa shape index (κ2) is 31.4. The van der Waals surface area contributed by atoms with Crippen molar-refractivity contribution in [3.8, 4) is 57.1 Å². The van der Waals surface area contributed by atoms with E-state index >= 15 is 28.8 Å². The maximum Gasteiger partial charge on any atom is 0.410 e. The monoisotopic (exact) mass is 1530 g/mol. The number of fused-ring (bicyclic) bond motifs is 15. The van der Waals surface area contributed by atoms with E-state index in [0.29, 0.717) is 11.8 Å². The number of ether oxygens (including phenoxy) is 5. The number of hydrogen-bond acceptors (Lipinski definition) is 23. The highest BCUT2D eigenvalue weighted by molar-refractivity contribution is 6.32. The quantitative estimate of drug-likeness (QED) is 0.0605. The topological polar surface area (TPSA) is 465 Å². The van der Waals surface area contributed by atoms with Gasteiger partial charge in [0.15, 0.2) is 28.8 Å². The zero-order chi connectivity index (χ0) is 78.0. The average molecular weight is 1540 g/mol. The molecule has 5 fully saturated rings. The number of carbonyl (C=O) groups excluding carboxylic acids is 9. The molecule has 4 aliphatic carbocycles. The fraction of sp³-hybridized carbons (Fsp3) is 0.494. The van der Waals surface area contributed by atoms with Gasteiger partial charge in [-0.25, -0.2) is 4.79 Å². The molecule has 0 radical (unpaired) electrons. The van der Waals surface area contributed by atoms with Crippen LogP contribution >= 0.6 is 23.2 Å². The molecule has 0 aromatic heterocycles. The van der Waals surface area contributed by atoms with Crippen LogP contribution in [0.1, 0.15) is 157 Å². The van der Waals surface area contributed by atoms with Gasteiger partial charge in [-0.3, -0.25) is 43.3 Å². The van der Waals surface area contributed by atoms with Crippen molar-refractivity contribution in [2.75, 3.05) is 13.6 Å². The van der Waals surface area contributed by atoms with Gasteiger partial charge in [0.2, 0.25) is 41.6 Å². The van der Waals surface area contributed by atoms with Gasteiger partial charge in [-0.15, -0.1) is 0 Å². The number of hydrogen-bond donors (Lipinski definition) is 14. The Balaban J connectivity index is 1.04. The molecule has 5 unspecified atom stereocenters. The van der Waals surface area contributed by atoms with Gasteiger partial charge in [-0.2, -0.15) is 0 Å². The molecule has 0 spiro atoms. The summed E-state index contributed by atoms with van der Waals surface area (Å²) < 4.78 is 31.2. The van der Waals surface area contributed by atoms with E-state index in [4.69, 9.17) is 58.4 Å². The van der Waals surface area contributed by atoms with Crippen molar-refractivity contribution in [1.82, 2.24) is 26.2 Å². The van der Waals surface area contributed by atoms with Crippen molar-refractivity contribution in [3.05, 3.63) is 117 Å². The highest BCUT2D eigenvalue weighted by atomic mass is 35.5. The number of phenolic OH excluding ortho intramolecular Hbond substituents is 3. The molecule has 15 bridgehead atoms.